The second-order valence-corrected chi connectivity index (χ2v) is 3.45. The molecule has 11 heavy (non-hydrogen) atoms. The van der Waals surface area contributed by atoms with Crippen molar-refractivity contribution in [3.8, 4) is 0 Å². The van der Waals surface area contributed by atoms with Gasteiger partial charge < -0.3 is 5.73 Å². The average Bonchev–Trinajstić information content (AvgIpc) is 1.86. The molecule has 0 saturated heterocycles. The van der Waals surface area contributed by atoms with Gasteiger partial charge in [0.1, 0.15) is 0 Å². The fourth-order valence-electron chi connectivity index (χ4n) is 0.581. The molecule has 64 valence electrons. The molecular formula is C10H19N. The highest BCUT2D eigenvalue weighted by Crippen LogP contribution is 2.02. The van der Waals surface area contributed by atoms with Gasteiger partial charge in [0.2, 0.25) is 0 Å². The highest BCUT2D eigenvalue weighted by Gasteiger charge is 1.93. The van der Waals surface area contributed by atoms with Crippen molar-refractivity contribution in [1.29, 1.82) is 0 Å². The van der Waals surface area contributed by atoms with Gasteiger partial charge in [0.05, 0.1) is 0 Å². The van der Waals surface area contributed by atoms with Crippen molar-refractivity contribution in [2.24, 2.45) is 17.6 Å². The maximum Gasteiger partial charge on any atom is 0.0106 e. The third kappa shape index (κ3) is 5.71. The monoisotopic (exact) mass is 153 g/mol. The summed E-state index contributed by atoms with van der Waals surface area (Å²) >= 11 is 0. The third-order valence-electron chi connectivity index (χ3n) is 1.45. The van der Waals surface area contributed by atoms with Crippen molar-refractivity contribution < 1.29 is 0 Å². The molecule has 0 aliphatic heterocycles. The first-order chi connectivity index (χ1) is 5.04. The van der Waals surface area contributed by atoms with Crippen LogP contribution in [0, 0.1) is 11.8 Å². The maximum atomic E-state index is 5.71. The van der Waals surface area contributed by atoms with Gasteiger partial charge in [-0.05, 0) is 17.9 Å². The zero-order valence-electron chi connectivity index (χ0n) is 7.96. The van der Waals surface area contributed by atoms with Crippen LogP contribution >= 0.6 is 0 Å². The Balaban J connectivity index is 3.91. The Morgan fingerprint density at radius 3 is 2.09 bits per heavy atom. The molecule has 0 aromatic rings. The Bertz CT molecular complexity index is 152. The lowest BCUT2D eigenvalue weighted by molar-refractivity contribution is 0.756. The van der Waals surface area contributed by atoms with Crippen molar-refractivity contribution in [2.45, 2.75) is 27.7 Å². The highest BCUT2D eigenvalue weighted by molar-refractivity contribution is 5.11. The number of allylic oxidation sites excluding steroid dienone is 4. The van der Waals surface area contributed by atoms with Crippen LogP contribution in [0.15, 0.2) is 23.9 Å². The van der Waals surface area contributed by atoms with E-state index in [1.165, 1.54) is 0 Å². The minimum Gasteiger partial charge on any atom is -0.402 e. The minimum absolute atomic E-state index is 0.451. The Morgan fingerprint density at radius 2 is 1.73 bits per heavy atom. The number of hydrogen-bond donors (Lipinski definition) is 1. The van der Waals surface area contributed by atoms with E-state index in [0.29, 0.717) is 11.8 Å². The molecule has 0 saturated carbocycles. The minimum atomic E-state index is 0.451. The molecule has 2 N–H and O–H groups in total. The van der Waals surface area contributed by atoms with Gasteiger partial charge in [-0.3, -0.25) is 0 Å². The first-order valence-corrected chi connectivity index (χ1v) is 4.18. The molecule has 0 aromatic carbocycles. The van der Waals surface area contributed by atoms with Gasteiger partial charge in [0.15, 0.2) is 0 Å². The first kappa shape index (κ1) is 10.3. The SMILES string of the molecule is CC(C)/C=C\C=C(/N)C(C)C. The molecule has 0 aromatic heterocycles. The van der Waals surface area contributed by atoms with Crippen LogP contribution in [0.3, 0.4) is 0 Å². The molecule has 0 heterocycles. The predicted molar refractivity (Wildman–Crippen MR) is 51.1 cm³/mol. The van der Waals surface area contributed by atoms with Crippen molar-refractivity contribution in [1.82, 2.24) is 0 Å². The van der Waals surface area contributed by atoms with Crippen LogP contribution in [0.4, 0.5) is 0 Å². The lowest BCUT2D eigenvalue weighted by atomic mass is 10.1. The van der Waals surface area contributed by atoms with E-state index in [1.807, 2.05) is 12.2 Å². The van der Waals surface area contributed by atoms with Gasteiger partial charge in [-0.15, -0.1) is 0 Å². The van der Waals surface area contributed by atoms with E-state index in [9.17, 15) is 0 Å². The summed E-state index contributed by atoms with van der Waals surface area (Å²) in [6.07, 6.45) is 6.14. The van der Waals surface area contributed by atoms with Gasteiger partial charge in [-0.2, -0.15) is 0 Å². The molecule has 0 aliphatic rings. The fraction of sp³-hybridized carbons (Fsp3) is 0.600. The Morgan fingerprint density at radius 1 is 1.18 bits per heavy atom. The summed E-state index contributed by atoms with van der Waals surface area (Å²) in [6, 6.07) is 0. The van der Waals surface area contributed by atoms with Gasteiger partial charge in [0, 0.05) is 5.70 Å². The van der Waals surface area contributed by atoms with Gasteiger partial charge >= 0.3 is 0 Å². The maximum absolute atomic E-state index is 5.71. The van der Waals surface area contributed by atoms with E-state index in [4.69, 9.17) is 5.73 Å². The quantitative estimate of drug-likeness (QED) is 0.620. The largest absolute Gasteiger partial charge is 0.402 e. The van der Waals surface area contributed by atoms with Gasteiger partial charge in [-0.25, -0.2) is 0 Å². The smallest absolute Gasteiger partial charge is 0.0106 e. The van der Waals surface area contributed by atoms with E-state index in [-0.39, 0.29) is 0 Å². The molecule has 1 nitrogen and oxygen atoms in total. The van der Waals surface area contributed by atoms with E-state index >= 15 is 0 Å². The standard InChI is InChI=1S/C10H19N/c1-8(2)6-5-7-10(11)9(3)4/h5-9H,11H2,1-4H3/b6-5-,10-7-. The molecule has 0 atom stereocenters. The summed E-state index contributed by atoms with van der Waals surface area (Å²) in [4.78, 5) is 0. The summed E-state index contributed by atoms with van der Waals surface area (Å²) in [5.74, 6) is 1.05. The van der Waals surface area contributed by atoms with Crippen LogP contribution in [0.5, 0.6) is 0 Å². The number of nitrogens with two attached hydrogens (primary N) is 1. The van der Waals surface area contributed by atoms with Gasteiger partial charge in [-0.1, -0.05) is 39.8 Å². The highest BCUT2D eigenvalue weighted by atomic mass is 14.6. The van der Waals surface area contributed by atoms with E-state index in [0.717, 1.165) is 5.70 Å². The van der Waals surface area contributed by atoms with Crippen molar-refractivity contribution in [3.63, 3.8) is 0 Å². The zero-order valence-corrected chi connectivity index (χ0v) is 7.96. The molecule has 0 radical (unpaired) electrons. The first-order valence-electron chi connectivity index (χ1n) is 4.18. The van der Waals surface area contributed by atoms with Crippen molar-refractivity contribution in [3.05, 3.63) is 23.9 Å². The van der Waals surface area contributed by atoms with Crippen LogP contribution < -0.4 is 5.73 Å². The van der Waals surface area contributed by atoms with E-state index in [1.54, 1.807) is 0 Å². The van der Waals surface area contributed by atoms with Crippen LogP contribution in [0.1, 0.15) is 27.7 Å². The predicted octanol–water partition coefficient (Wildman–Crippen LogP) is 2.70. The molecule has 0 unspecified atom stereocenters. The normalized spacial score (nSPS) is 13.8. The fourth-order valence-corrected chi connectivity index (χ4v) is 0.581. The third-order valence-corrected chi connectivity index (χ3v) is 1.45. The van der Waals surface area contributed by atoms with Crippen molar-refractivity contribution in [2.75, 3.05) is 0 Å². The molecule has 0 fully saturated rings. The molecular weight excluding hydrogens is 134 g/mol. The molecule has 0 amide bonds. The second-order valence-electron chi connectivity index (χ2n) is 3.45. The second kappa shape index (κ2) is 5.00. The van der Waals surface area contributed by atoms with Crippen LogP contribution in [-0.4, -0.2) is 0 Å². The molecule has 0 bridgehead atoms. The lowest BCUT2D eigenvalue weighted by Gasteiger charge is -2.02. The van der Waals surface area contributed by atoms with Crippen LogP contribution in [0.2, 0.25) is 0 Å². The summed E-state index contributed by atoms with van der Waals surface area (Å²) in [5.41, 5.74) is 6.66. The topological polar surface area (TPSA) is 26.0 Å². The van der Waals surface area contributed by atoms with Crippen LogP contribution in [-0.2, 0) is 0 Å². The lowest BCUT2D eigenvalue weighted by Crippen LogP contribution is -2.03. The number of rotatable bonds is 3. The molecule has 0 spiro atoms. The van der Waals surface area contributed by atoms with E-state index < -0.39 is 0 Å². The Kier molecular flexibility index (Phi) is 4.67. The van der Waals surface area contributed by atoms with E-state index in [2.05, 4.69) is 33.8 Å². The summed E-state index contributed by atoms with van der Waals surface area (Å²) in [7, 11) is 0. The molecule has 0 aliphatic carbocycles. The van der Waals surface area contributed by atoms with Crippen molar-refractivity contribution >= 4 is 0 Å². The van der Waals surface area contributed by atoms with Crippen LogP contribution in [0.25, 0.3) is 0 Å². The molecule has 1 heteroatoms. The summed E-state index contributed by atoms with van der Waals surface area (Å²) in [5, 5.41) is 0. The summed E-state index contributed by atoms with van der Waals surface area (Å²) in [6.45, 7) is 8.48. The molecule has 0 rings (SSSR count). The Labute approximate surface area is 70.0 Å². The number of hydrogen-bond acceptors (Lipinski definition) is 1. The zero-order chi connectivity index (χ0) is 8.85. The van der Waals surface area contributed by atoms with Gasteiger partial charge in [0.25, 0.3) is 0 Å². The summed E-state index contributed by atoms with van der Waals surface area (Å²) < 4.78 is 0. The average molecular weight is 153 g/mol. The Hall–Kier alpha value is -0.720.